The van der Waals surface area contributed by atoms with Crippen LogP contribution in [0.25, 0.3) is 0 Å². The largest absolute Gasteiger partial charge is 0.324 e. The molecule has 2 heterocycles. The van der Waals surface area contributed by atoms with Crippen molar-refractivity contribution in [1.82, 2.24) is 0 Å². The van der Waals surface area contributed by atoms with Gasteiger partial charge >= 0.3 is 0 Å². The zero-order valence-electron chi connectivity index (χ0n) is 9.80. The minimum absolute atomic E-state index is 0.996. The fourth-order valence-electron chi connectivity index (χ4n) is 3.33. The molecule has 0 aliphatic carbocycles. The number of hydrogen-bond donors (Lipinski definition) is 0. The smallest absolute Gasteiger partial charge is 0.0789 e. The van der Waals surface area contributed by atoms with Gasteiger partial charge in [-0.25, -0.2) is 0 Å². The minimum atomic E-state index is 0.996. The lowest BCUT2D eigenvalue weighted by molar-refractivity contribution is -0.926. The summed E-state index contributed by atoms with van der Waals surface area (Å²) in [6.45, 7) is 8.41. The summed E-state index contributed by atoms with van der Waals surface area (Å²) < 4.78 is 1.49. The highest BCUT2D eigenvalue weighted by atomic mass is 15.3. The fourth-order valence-corrected chi connectivity index (χ4v) is 3.33. The second-order valence-corrected chi connectivity index (χ2v) is 5.69. The molecular weight excluding hydrogens is 170 g/mol. The maximum absolute atomic E-state index is 2.44. The van der Waals surface area contributed by atoms with Crippen molar-refractivity contribution >= 4 is 0 Å². The molecule has 0 amide bonds. The number of rotatable bonds is 0. The minimum Gasteiger partial charge on any atom is -0.324 e. The average molecular weight is 196 g/mol. The Kier molecular flexibility index (Phi) is 3.48. The summed E-state index contributed by atoms with van der Waals surface area (Å²) in [5.74, 6) is 0.996. The maximum Gasteiger partial charge on any atom is 0.0789 e. The molecule has 1 heteroatoms. The molecule has 1 atom stereocenters. The quantitative estimate of drug-likeness (QED) is 0.522. The zero-order chi connectivity index (χ0) is 9.86. The van der Waals surface area contributed by atoms with Gasteiger partial charge in [0.25, 0.3) is 0 Å². The van der Waals surface area contributed by atoms with Gasteiger partial charge in [-0.15, -0.1) is 0 Å². The molecule has 82 valence electrons. The van der Waals surface area contributed by atoms with Crippen molar-refractivity contribution in [2.24, 2.45) is 5.92 Å². The van der Waals surface area contributed by atoms with Crippen molar-refractivity contribution in [3.05, 3.63) is 0 Å². The van der Waals surface area contributed by atoms with E-state index in [1.54, 1.807) is 0 Å². The summed E-state index contributed by atoms with van der Waals surface area (Å²) in [4.78, 5) is 0. The zero-order valence-corrected chi connectivity index (χ0v) is 9.80. The Morgan fingerprint density at radius 2 is 1.36 bits per heavy atom. The van der Waals surface area contributed by atoms with Gasteiger partial charge in [-0.1, -0.05) is 6.92 Å². The first-order valence-corrected chi connectivity index (χ1v) is 6.66. The van der Waals surface area contributed by atoms with Crippen molar-refractivity contribution in [2.75, 3.05) is 26.2 Å². The van der Waals surface area contributed by atoms with Crippen LogP contribution in [-0.4, -0.2) is 30.7 Å². The highest BCUT2D eigenvalue weighted by Gasteiger charge is 2.30. The van der Waals surface area contributed by atoms with Gasteiger partial charge in [-0.2, -0.15) is 0 Å². The van der Waals surface area contributed by atoms with Gasteiger partial charge in [-0.3, -0.25) is 0 Å². The molecule has 0 bridgehead atoms. The normalized spacial score (nSPS) is 33.6. The number of nitrogens with zero attached hydrogens (tertiary/aromatic N) is 1. The third-order valence-electron chi connectivity index (χ3n) is 4.44. The first-order valence-electron chi connectivity index (χ1n) is 6.66. The van der Waals surface area contributed by atoms with E-state index in [-0.39, 0.29) is 0 Å². The molecule has 2 rings (SSSR count). The van der Waals surface area contributed by atoms with Gasteiger partial charge in [0.2, 0.25) is 0 Å². The van der Waals surface area contributed by atoms with Crippen molar-refractivity contribution in [3.8, 4) is 0 Å². The van der Waals surface area contributed by atoms with Crippen LogP contribution in [0.1, 0.15) is 51.9 Å². The third kappa shape index (κ3) is 2.50. The Morgan fingerprint density at radius 3 is 2.07 bits per heavy atom. The molecule has 1 spiro atoms. The Bertz CT molecular complexity index is 168. The molecule has 0 radical (unpaired) electrons. The highest BCUT2D eigenvalue weighted by molar-refractivity contribution is 4.62. The fraction of sp³-hybridized carbons (Fsp3) is 1.00. The van der Waals surface area contributed by atoms with Crippen LogP contribution in [0.3, 0.4) is 0 Å². The molecule has 2 fully saturated rings. The van der Waals surface area contributed by atoms with Crippen LogP contribution in [0.2, 0.25) is 0 Å². The average Bonchev–Trinajstić information content (AvgIpc) is 2.50. The molecule has 2 aliphatic heterocycles. The van der Waals surface area contributed by atoms with Gasteiger partial charge in [0, 0.05) is 0 Å². The van der Waals surface area contributed by atoms with E-state index in [1.807, 2.05) is 0 Å². The van der Waals surface area contributed by atoms with Crippen molar-refractivity contribution in [2.45, 2.75) is 51.9 Å². The van der Waals surface area contributed by atoms with Crippen LogP contribution < -0.4 is 0 Å². The van der Waals surface area contributed by atoms with Crippen molar-refractivity contribution in [3.63, 3.8) is 0 Å². The molecule has 0 aromatic rings. The molecule has 2 saturated heterocycles. The summed E-state index contributed by atoms with van der Waals surface area (Å²) in [5.41, 5.74) is 0. The summed E-state index contributed by atoms with van der Waals surface area (Å²) in [6.07, 6.45) is 10.4. The van der Waals surface area contributed by atoms with E-state index in [0.29, 0.717) is 0 Å². The summed E-state index contributed by atoms with van der Waals surface area (Å²) in [7, 11) is 0. The second kappa shape index (κ2) is 4.65. The highest BCUT2D eigenvalue weighted by Crippen LogP contribution is 2.26. The molecule has 2 aliphatic rings. The lowest BCUT2D eigenvalue weighted by atomic mass is 10.0. The van der Waals surface area contributed by atoms with E-state index >= 15 is 0 Å². The number of quaternary nitrogens is 1. The van der Waals surface area contributed by atoms with E-state index in [4.69, 9.17) is 0 Å². The van der Waals surface area contributed by atoms with Crippen LogP contribution >= 0.6 is 0 Å². The van der Waals surface area contributed by atoms with Gasteiger partial charge in [0.1, 0.15) is 0 Å². The van der Waals surface area contributed by atoms with E-state index in [1.165, 1.54) is 75.6 Å². The molecule has 1 nitrogen and oxygen atoms in total. The van der Waals surface area contributed by atoms with E-state index in [2.05, 4.69) is 6.92 Å². The van der Waals surface area contributed by atoms with Crippen LogP contribution in [0, 0.1) is 5.92 Å². The molecule has 14 heavy (non-hydrogen) atoms. The summed E-state index contributed by atoms with van der Waals surface area (Å²) >= 11 is 0. The third-order valence-corrected chi connectivity index (χ3v) is 4.44. The SMILES string of the molecule is CC1CCC[N+]2(CCCCCC2)CC1. The Morgan fingerprint density at radius 1 is 0.714 bits per heavy atom. The standard InChI is InChI=1S/C13H26N/c1-13-7-6-11-14(12-8-13)9-4-2-3-5-10-14/h13H,2-12H2,1H3/q+1. The molecular formula is C13H26N+. The Balaban J connectivity index is 1.97. The van der Waals surface area contributed by atoms with E-state index < -0.39 is 0 Å². The van der Waals surface area contributed by atoms with Crippen molar-refractivity contribution < 1.29 is 4.48 Å². The second-order valence-electron chi connectivity index (χ2n) is 5.69. The molecule has 0 saturated carbocycles. The molecule has 0 aromatic carbocycles. The van der Waals surface area contributed by atoms with Crippen LogP contribution in [0.5, 0.6) is 0 Å². The van der Waals surface area contributed by atoms with E-state index in [9.17, 15) is 0 Å². The maximum atomic E-state index is 2.44. The van der Waals surface area contributed by atoms with Gasteiger partial charge < -0.3 is 4.48 Å². The number of hydrogen-bond acceptors (Lipinski definition) is 0. The lowest BCUT2D eigenvalue weighted by Gasteiger charge is -2.37. The Hall–Kier alpha value is -0.0400. The van der Waals surface area contributed by atoms with Gasteiger partial charge in [-0.05, 0) is 50.9 Å². The van der Waals surface area contributed by atoms with E-state index in [0.717, 1.165) is 5.92 Å². The molecule has 0 N–H and O–H groups in total. The van der Waals surface area contributed by atoms with Crippen molar-refractivity contribution in [1.29, 1.82) is 0 Å². The van der Waals surface area contributed by atoms with Gasteiger partial charge in [0.15, 0.2) is 0 Å². The van der Waals surface area contributed by atoms with Gasteiger partial charge in [0.05, 0.1) is 26.2 Å². The van der Waals surface area contributed by atoms with Crippen LogP contribution in [-0.2, 0) is 0 Å². The lowest BCUT2D eigenvalue weighted by Crippen LogP contribution is -2.49. The predicted octanol–water partition coefficient (Wildman–Crippen LogP) is 3.20. The topological polar surface area (TPSA) is 0 Å². The molecule has 0 aromatic heterocycles. The summed E-state index contributed by atoms with van der Waals surface area (Å²) in [5, 5.41) is 0. The monoisotopic (exact) mass is 196 g/mol. The first-order chi connectivity index (χ1) is 6.81. The Labute approximate surface area is 89.1 Å². The first kappa shape index (κ1) is 10.5. The molecule has 1 unspecified atom stereocenters. The van der Waals surface area contributed by atoms with Crippen LogP contribution in [0.4, 0.5) is 0 Å². The predicted molar refractivity (Wildman–Crippen MR) is 61.2 cm³/mol. The summed E-state index contributed by atoms with van der Waals surface area (Å²) in [6, 6.07) is 0. The van der Waals surface area contributed by atoms with Crippen LogP contribution in [0.15, 0.2) is 0 Å².